The van der Waals surface area contributed by atoms with Crippen molar-refractivity contribution in [2.45, 2.75) is 17.1 Å². The summed E-state index contributed by atoms with van der Waals surface area (Å²) in [5.74, 6) is -0.585. The van der Waals surface area contributed by atoms with E-state index in [1.807, 2.05) is 0 Å². The fourth-order valence-corrected chi connectivity index (χ4v) is 3.73. The van der Waals surface area contributed by atoms with Gasteiger partial charge in [-0.3, -0.25) is 19.7 Å². The maximum atomic E-state index is 12.3. The third-order valence-corrected chi connectivity index (χ3v) is 5.58. The summed E-state index contributed by atoms with van der Waals surface area (Å²) >= 11 is 2.73. The third kappa shape index (κ3) is 5.62. The summed E-state index contributed by atoms with van der Waals surface area (Å²) in [7, 11) is 0. The first kappa shape index (κ1) is 20.5. The van der Waals surface area contributed by atoms with Crippen LogP contribution in [0, 0.1) is 10.1 Å². The first-order valence-electron chi connectivity index (χ1n) is 8.45. The van der Waals surface area contributed by atoms with E-state index in [4.69, 9.17) is 0 Å². The van der Waals surface area contributed by atoms with Crippen LogP contribution in [0.5, 0.6) is 0 Å². The number of anilines is 2. The number of thiazole rings is 1. The lowest BCUT2D eigenvalue weighted by Crippen LogP contribution is -2.22. The normalized spacial score (nSPS) is 11.5. The standard InChI is InChI=1S/C19H16N4O4S2/c1-12(17(24)22-19-20-9-10-28-19)29-16-7-5-14(6-8-16)21-18(25)13-3-2-4-15(11-13)23(26)27/h2-12H,1H3,(H,21,25)(H,20,22,24). The number of nitrogens with zero attached hydrogens (tertiary/aromatic N) is 2. The number of amides is 2. The van der Waals surface area contributed by atoms with E-state index in [0.29, 0.717) is 10.8 Å². The van der Waals surface area contributed by atoms with Crippen LogP contribution in [0.3, 0.4) is 0 Å². The van der Waals surface area contributed by atoms with Crippen molar-refractivity contribution >= 4 is 51.4 Å². The lowest BCUT2D eigenvalue weighted by molar-refractivity contribution is -0.384. The van der Waals surface area contributed by atoms with Gasteiger partial charge in [0.1, 0.15) is 0 Å². The second kappa shape index (κ2) is 9.30. The number of hydrogen-bond acceptors (Lipinski definition) is 7. The van der Waals surface area contributed by atoms with Gasteiger partial charge in [-0.1, -0.05) is 6.07 Å². The van der Waals surface area contributed by atoms with Gasteiger partial charge in [0.15, 0.2) is 5.13 Å². The highest BCUT2D eigenvalue weighted by atomic mass is 32.2. The maximum Gasteiger partial charge on any atom is 0.270 e. The summed E-state index contributed by atoms with van der Waals surface area (Å²) in [6, 6.07) is 12.5. The number of carbonyl (C=O) groups excluding carboxylic acids is 2. The molecular weight excluding hydrogens is 412 g/mol. The molecule has 2 N–H and O–H groups in total. The molecule has 2 aromatic carbocycles. The molecule has 1 atom stereocenters. The number of aromatic nitrogens is 1. The molecule has 1 heterocycles. The molecule has 1 aromatic heterocycles. The molecule has 10 heteroatoms. The van der Waals surface area contributed by atoms with E-state index in [-0.39, 0.29) is 22.4 Å². The van der Waals surface area contributed by atoms with Crippen LogP contribution in [0.4, 0.5) is 16.5 Å². The molecule has 0 aliphatic carbocycles. The average Bonchev–Trinajstić information content (AvgIpc) is 3.22. The van der Waals surface area contributed by atoms with Crippen LogP contribution >= 0.6 is 23.1 Å². The van der Waals surface area contributed by atoms with Crippen molar-refractivity contribution in [3.63, 3.8) is 0 Å². The summed E-state index contributed by atoms with van der Waals surface area (Å²) in [6.07, 6.45) is 1.62. The first-order valence-corrected chi connectivity index (χ1v) is 10.2. The minimum absolute atomic E-state index is 0.144. The van der Waals surface area contributed by atoms with Gasteiger partial charge in [0.25, 0.3) is 11.6 Å². The molecule has 148 valence electrons. The predicted molar refractivity (Wildman–Crippen MR) is 114 cm³/mol. The summed E-state index contributed by atoms with van der Waals surface area (Å²) < 4.78 is 0. The molecule has 8 nitrogen and oxygen atoms in total. The smallest absolute Gasteiger partial charge is 0.270 e. The lowest BCUT2D eigenvalue weighted by Gasteiger charge is -2.11. The van der Waals surface area contributed by atoms with Gasteiger partial charge in [-0.25, -0.2) is 4.98 Å². The van der Waals surface area contributed by atoms with E-state index in [1.54, 1.807) is 42.8 Å². The van der Waals surface area contributed by atoms with Crippen LogP contribution in [0.2, 0.25) is 0 Å². The molecule has 1 unspecified atom stereocenters. The van der Waals surface area contributed by atoms with E-state index in [9.17, 15) is 19.7 Å². The number of carbonyl (C=O) groups is 2. The second-order valence-corrected chi connectivity index (χ2v) is 8.18. The van der Waals surface area contributed by atoms with E-state index in [1.165, 1.54) is 47.4 Å². The summed E-state index contributed by atoms with van der Waals surface area (Å²) in [5.41, 5.74) is 0.602. The van der Waals surface area contributed by atoms with Crippen LogP contribution in [-0.4, -0.2) is 27.0 Å². The highest BCUT2D eigenvalue weighted by Crippen LogP contribution is 2.26. The van der Waals surface area contributed by atoms with Crippen LogP contribution in [0.25, 0.3) is 0 Å². The van der Waals surface area contributed by atoms with Crippen molar-refractivity contribution in [1.29, 1.82) is 0 Å². The van der Waals surface area contributed by atoms with Crippen molar-refractivity contribution in [1.82, 2.24) is 4.98 Å². The van der Waals surface area contributed by atoms with Crippen molar-refractivity contribution in [2.75, 3.05) is 10.6 Å². The highest BCUT2D eigenvalue weighted by molar-refractivity contribution is 8.00. The highest BCUT2D eigenvalue weighted by Gasteiger charge is 2.16. The van der Waals surface area contributed by atoms with Gasteiger partial charge < -0.3 is 10.6 Å². The summed E-state index contributed by atoms with van der Waals surface area (Å²) in [6.45, 7) is 1.80. The second-order valence-electron chi connectivity index (χ2n) is 5.87. The van der Waals surface area contributed by atoms with E-state index < -0.39 is 10.8 Å². The number of benzene rings is 2. The minimum Gasteiger partial charge on any atom is -0.322 e. The molecule has 0 bridgehead atoms. The molecule has 0 spiro atoms. The number of thioether (sulfide) groups is 1. The topological polar surface area (TPSA) is 114 Å². The van der Waals surface area contributed by atoms with Gasteiger partial charge in [-0.15, -0.1) is 23.1 Å². The number of non-ortho nitro benzene ring substituents is 1. The van der Waals surface area contributed by atoms with Gasteiger partial charge in [-0.2, -0.15) is 0 Å². The van der Waals surface area contributed by atoms with Gasteiger partial charge in [0.2, 0.25) is 5.91 Å². The molecule has 0 fully saturated rings. The fraction of sp³-hybridized carbons (Fsp3) is 0.105. The Balaban J connectivity index is 1.58. The van der Waals surface area contributed by atoms with Gasteiger partial charge >= 0.3 is 0 Å². The Morgan fingerprint density at radius 1 is 1.17 bits per heavy atom. The summed E-state index contributed by atoms with van der Waals surface area (Å²) in [4.78, 5) is 39.7. The van der Waals surface area contributed by atoms with Crippen molar-refractivity contribution in [3.05, 3.63) is 75.8 Å². The lowest BCUT2D eigenvalue weighted by atomic mass is 10.2. The van der Waals surface area contributed by atoms with Crippen LogP contribution < -0.4 is 10.6 Å². The molecular formula is C19H16N4O4S2. The SMILES string of the molecule is CC(Sc1ccc(NC(=O)c2cccc([N+](=O)[O-])c2)cc1)C(=O)Nc1nccs1. The number of hydrogen-bond donors (Lipinski definition) is 2. The molecule has 0 aliphatic heterocycles. The van der Waals surface area contributed by atoms with E-state index in [2.05, 4.69) is 15.6 Å². The molecule has 29 heavy (non-hydrogen) atoms. The minimum atomic E-state index is -0.547. The van der Waals surface area contributed by atoms with Crippen LogP contribution in [0.1, 0.15) is 17.3 Å². The predicted octanol–water partition coefficient (Wildman–Crippen LogP) is 4.42. The number of nitrogens with one attached hydrogen (secondary N) is 2. The molecule has 3 aromatic rings. The molecule has 0 aliphatic rings. The fourth-order valence-electron chi connectivity index (χ4n) is 2.33. The van der Waals surface area contributed by atoms with Crippen molar-refractivity contribution < 1.29 is 14.5 Å². The summed E-state index contributed by atoms with van der Waals surface area (Å²) in [5, 5.41) is 18.3. The van der Waals surface area contributed by atoms with E-state index in [0.717, 1.165) is 4.90 Å². The largest absolute Gasteiger partial charge is 0.322 e. The van der Waals surface area contributed by atoms with Crippen molar-refractivity contribution in [2.24, 2.45) is 0 Å². The number of nitro groups is 1. The Morgan fingerprint density at radius 3 is 2.59 bits per heavy atom. The Kier molecular flexibility index (Phi) is 6.57. The zero-order valence-corrected chi connectivity index (χ0v) is 16.8. The molecule has 0 saturated carbocycles. The number of rotatable bonds is 7. The zero-order valence-electron chi connectivity index (χ0n) is 15.2. The number of nitro benzene ring substituents is 1. The Hall–Kier alpha value is -3.24. The molecule has 0 radical (unpaired) electrons. The first-order chi connectivity index (χ1) is 13.9. The quantitative estimate of drug-likeness (QED) is 0.327. The Labute approximate surface area is 174 Å². The third-order valence-electron chi connectivity index (χ3n) is 3.78. The van der Waals surface area contributed by atoms with Gasteiger partial charge in [0.05, 0.1) is 10.2 Å². The molecule has 2 amide bonds. The van der Waals surface area contributed by atoms with E-state index >= 15 is 0 Å². The average molecular weight is 428 g/mol. The van der Waals surface area contributed by atoms with Gasteiger partial charge in [0, 0.05) is 39.9 Å². The van der Waals surface area contributed by atoms with Gasteiger partial charge in [-0.05, 0) is 37.3 Å². The zero-order chi connectivity index (χ0) is 20.8. The Morgan fingerprint density at radius 2 is 1.93 bits per heavy atom. The van der Waals surface area contributed by atoms with Crippen molar-refractivity contribution in [3.8, 4) is 0 Å². The monoisotopic (exact) mass is 428 g/mol. The maximum absolute atomic E-state index is 12.3. The molecule has 0 saturated heterocycles. The van der Waals surface area contributed by atoms with Crippen LogP contribution in [0.15, 0.2) is 65.0 Å². The Bertz CT molecular complexity index is 1020. The van der Waals surface area contributed by atoms with Crippen LogP contribution in [-0.2, 0) is 4.79 Å². The molecule has 3 rings (SSSR count).